The molecule has 2 unspecified atom stereocenters. The first-order valence-corrected chi connectivity index (χ1v) is 9.31. The van der Waals surface area contributed by atoms with Gasteiger partial charge in [0.25, 0.3) is 0 Å². The van der Waals surface area contributed by atoms with Crippen LogP contribution in [0.2, 0.25) is 0 Å². The van der Waals surface area contributed by atoms with E-state index in [1.165, 1.54) is 7.05 Å². The molecule has 0 radical (unpaired) electrons. The molecule has 2 aromatic rings. The van der Waals surface area contributed by atoms with Crippen molar-refractivity contribution in [3.8, 4) is 0 Å². The first-order valence-electron chi connectivity index (χ1n) is 9.31. The second-order valence-corrected chi connectivity index (χ2v) is 7.57. The summed E-state index contributed by atoms with van der Waals surface area (Å²) < 4.78 is 99.0. The van der Waals surface area contributed by atoms with Gasteiger partial charge in [-0.15, -0.1) is 0 Å². The predicted octanol–water partition coefficient (Wildman–Crippen LogP) is 4.50. The highest BCUT2D eigenvalue weighted by Gasteiger charge is 2.54. The largest absolute Gasteiger partial charge is 0.435 e. The third-order valence-electron chi connectivity index (χ3n) is 5.69. The predicted molar refractivity (Wildman–Crippen MR) is 92.4 cm³/mol. The maximum absolute atomic E-state index is 14.3. The van der Waals surface area contributed by atoms with Gasteiger partial charge in [-0.25, -0.2) is 4.39 Å². The van der Waals surface area contributed by atoms with E-state index in [-0.39, 0.29) is 5.69 Å². The summed E-state index contributed by atoms with van der Waals surface area (Å²) in [6.07, 6.45) is -9.88. The van der Waals surface area contributed by atoms with Crippen LogP contribution in [0.5, 0.6) is 0 Å². The number of nitrogens with one attached hydrogen (secondary N) is 1. The molecule has 4 rings (SSSR count). The Kier molecular flexibility index (Phi) is 5.02. The van der Waals surface area contributed by atoms with Gasteiger partial charge in [0.1, 0.15) is 0 Å². The van der Waals surface area contributed by atoms with Crippen molar-refractivity contribution in [3.63, 3.8) is 0 Å². The Morgan fingerprint density at radius 2 is 1.81 bits per heavy atom. The number of amides is 1. The van der Waals surface area contributed by atoms with E-state index in [2.05, 4.69) is 10.4 Å². The lowest BCUT2D eigenvalue weighted by atomic mass is 9.76. The van der Waals surface area contributed by atoms with Crippen molar-refractivity contribution in [2.45, 2.75) is 43.3 Å². The molecule has 1 aromatic heterocycles. The summed E-state index contributed by atoms with van der Waals surface area (Å²) in [5.41, 5.74) is -3.21. The van der Waals surface area contributed by atoms with E-state index < -0.39 is 65.1 Å². The van der Waals surface area contributed by atoms with E-state index in [1.807, 2.05) is 0 Å². The third-order valence-corrected chi connectivity index (χ3v) is 5.69. The molecular weight excluding hydrogens is 435 g/mol. The number of carbonyl (C=O) groups excluding carboxylic acids is 1. The average Bonchev–Trinajstić information content (AvgIpc) is 3.35. The van der Waals surface area contributed by atoms with Crippen molar-refractivity contribution in [2.75, 3.05) is 5.32 Å². The normalized spacial score (nSPS) is 25.8. The molecule has 1 aromatic carbocycles. The van der Waals surface area contributed by atoms with Crippen LogP contribution in [0.25, 0.3) is 0 Å². The Morgan fingerprint density at radius 3 is 2.42 bits per heavy atom. The highest BCUT2D eigenvalue weighted by molar-refractivity contribution is 5.94. The van der Waals surface area contributed by atoms with Gasteiger partial charge >= 0.3 is 12.4 Å². The SMILES string of the molecule is Cn1nc(C(F)(F)F)cc1[C@@H]1C2CCC(O2)[C@@H]1C(=O)Nc1cccc(C(F)(F)F)c1F. The number of aromatic nitrogens is 2. The lowest BCUT2D eigenvalue weighted by Crippen LogP contribution is -2.37. The number of halogens is 7. The lowest BCUT2D eigenvalue weighted by Gasteiger charge is -2.27. The van der Waals surface area contributed by atoms with Crippen molar-refractivity contribution in [2.24, 2.45) is 13.0 Å². The summed E-state index contributed by atoms with van der Waals surface area (Å²) in [5, 5.41) is 5.62. The zero-order chi connectivity index (χ0) is 22.7. The second kappa shape index (κ2) is 7.21. The van der Waals surface area contributed by atoms with Crippen molar-refractivity contribution in [1.29, 1.82) is 0 Å². The van der Waals surface area contributed by atoms with Gasteiger partial charge in [0.15, 0.2) is 11.5 Å². The summed E-state index contributed by atoms with van der Waals surface area (Å²) in [4.78, 5) is 12.9. The molecule has 31 heavy (non-hydrogen) atoms. The van der Waals surface area contributed by atoms with E-state index in [0.29, 0.717) is 18.9 Å². The molecule has 0 saturated carbocycles. The number of aryl methyl sites for hydroxylation is 1. The van der Waals surface area contributed by atoms with Crippen LogP contribution in [0.1, 0.15) is 35.7 Å². The summed E-state index contributed by atoms with van der Waals surface area (Å²) >= 11 is 0. The molecule has 0 spiro atoms. The smallest absolute Gasteiger partial charge is 0.373 e. The number of rotatable bonds is 3. The molecule has 0 aliphatic carbocycles. The van der Waals surface area contributed by atoms with Crippen LogP contribution in [0.15, 0.2) is 24.3 Å². The molecule has 2 aliphatic rings. The van der Waals surface area contributed by atoms with E-state index in [0.717, 1.165) is 22.9 Å². The second-order valence-electron chi connectivity index (χ2n) is 7.57. The molecule has 1 amide bonds. The van der Waals surface area contributed by atoms with Crippen LogP contribution >= 0.6 is 0 Å². The maximum Gasteiger partial charge on any atom is 0.435 e. The Morgan fingerprint density at radius 1 is 1.13 bits per heavy atom. The van der Waals surface area contributed by atoms with Crippen LogP contribution in [0.3, 0.4) is 0 Å². The Bertz CT molecular complexity index is 1010. The zero-order valence-corrected chi connectivity index (χ0v) is 15.9. The minimum atomic E-state index is -4.95. The Balaban J connectivity index is 1.65. The Hall–Kier alpha value is -2.63. The number of hydrogen-bond donors (Lipinski definition) is 1. The van der Waals surface area contributed by atoms with Crippen molar-refractivity contribution in [1.82, 2.24) is 9.78 Å². The van der Waals surface area contributed by atoms with Crippen molar-refractivity contribution in [3.05, 3.63) is 47.0 Å². The van der Waals surface area contributed by atoms with Gasteiger partial charge in [0.2, 0.25) is 5.91 Å². The summed E-state index contributed by atoms with van der Waals surface area (Å²) in [5.74, 6) is -4.28. The quantitative estimate of drug-likeness (QED) is 0.700. The van der Waals surface area contributed by atoms with E-state index in [4.69, 9.17) is 4.74 Å². The zero-order valence-electron chi connectivity index (χ0n) is 15.9. The number of nitrogens with zero attached hydrogens (tertiary/aromatic N) is 2. The lowest BCUT2D eigenvalue weighted by molar-refractivity contribution is -0.141. The van der Waals surface area contributed by atoms with E-state index >= 15 is 0 Å². The number of anilines is 1. The molecular formula is C19H16F7N3O2. The van der Waals surface area contributed by atoms with Gasteiger partial charge in [-0.2, -0.15) is 31.4 Å². The van der Waals surface area contributed by atoms with Gasteiger partial charge in [-0.1, -0.05) is 6.07 Å². The minimum absolute atomic E-state index is 0.115. The highest BCUT2D eigenvalue weighted by Crippen LogP contribution is 2.50. The van der Waals surface area contributed by atoms with Gasteiger partial charge in [0.05, 0.1) is 29.4 Å². The van der Waals surface area contributed by atoms with Crippen LogP contribution in [-0.2, 0) is 28.9 Å². The number of hydrogen-bond acceptors (Lipinski definition) is 3. The van der Waals surface area contributed by atoms with Gasteiger partial charge in [0, 0.05) is 18.7 Å². The number of alkyl halides is 6. The summed E-state index contributed by atoms with van der Waals surface area (Å²) in [6, 6.07) is 3.31. The molecule has 168 valence electrons. The standard InChI is InChI=1S/C19H16F7N3O2/c1-29-10(7-13(28-29)19(24,25)26)14-11-5-6-12(31-11)15(14)17(30)27-9-4-2-3-8(16(9)20)18(21,22)23/h2-4,7,11-12,14-15H,5-6H2,1H3,(H,27,30)/t11?,12?,14-,15+/m1/s1. The molecule has 3 heterocycles. The molecule has 2 fully saturated rings. The fourth-order valence-electron chi connectivity index (χ4n) is 4.38. The third kappa shape index (κ3) is 3.77. The number of fused-ring (bicyclic) bond motifs is 2. The first kappa shape index (κ1) is 21.6. The van der Waals surface area contributed by atoms with E-state index in [1.54, 1.807) is 0 Å². The van der Waals surface area contributed by atoms with Crippen LogP contribution in [0.4, 0.5) is 36.4 Å². The van der Waals surface area contributed by atoms with Gasteiger partial charge in [-0.05, 0) is 31.0 Å². The summed E-state index contributed by atoms with van der Waals surface area (Å²) in [7, 11) is 1.30. The highest BCUT2D eigenvalue weighted by atomic mass is 19.4. The van der Waals surface area contributed by atoms with Crippen LogP contribution in [-0.4, -0.2) is 27.9 Å². The molecule has 2 bridgehead atoms. The fourth-order valence-corrected chi connectivity index (χ4v) is 4.38. The monoisotopic (exact) mass is 451 g/mol. The van der Waals surface area contributed by atoms with Crippen LogP contribution in [0, 0.1) is 11.7 Å². The average molecular weight is 451 g/mol. The van der Waals surface area contributed by atoms with Gasteiger partial charge in [-0.3, -0.25) is 9.48 Å². The van der Waals surface area contributed by atoms with Gasteiger partial charge < -0.3 is 10.1 Å². The molecule has 4 atom stereocenters. The molecule has 2 saturated heterocycles. The number of benzene rings is 1. The maximum atomic E-state index is 14.3. The molecule has 5 nitrogen and oxygen atoms in total. The fraction of sp³-hybridized carbons (Fsp3) is 0.474. The summed E-state index contributed by atoms with van der Waals surface area (Å²) in [6.45, 7) is 0. The Labute approximate surface area is 171 Å². The van der Waals surface area contributed by atoms with Crippen molar-refractivity contribution >= 4 is 11.6 Å². The topological polar surface area (TPSA) is 56.2 Å². The van der Waals surface area contributed by atoms with Crippen molar-refractivity contribution < 1.29 is 40.3 Å². The molecule has 12 heteroatoms. The molecule has 1 N–H and O–H groups in total. The van der Waals surface area contributed by atoms with E-state index in [9.17, 15) is 35.5 Å². The number of ether oxygens (including phenoxy) is 1. The van der Waals surface area contributed by atoms with Crippen LogP contribution < -0.4 is 5.32 Å². The first-order chi connectivity index (χ1) is 14.4. The number of carbonyl (C=O) groups is 1. The minimum Gasteiger partial charge on any atom is -0.373 e. The molecule has 2 aliphatic heterocycles.